The normalized spacial score (nSPS) is 24.3. The van der Waals surface area contributed by atoms with Crippen molar-refractivity contribution in [2.24, 2.45) is 0 Å². The number of halogens is 2. The molecule has 4 rings (SSSR count). The van der Waals surface area contributed by atoms with Crippen molar-refractivity contribution < 1.29 is 9.18 Å². The first-order valence-electron chi connectivity index (χ1n) is 7.49. The van der Waals surface area contributed by atoms with Crippen LogP contribution in [0.3, 0.4) is 0 Å². The quantitative estimate of drug-likeness (QED) is 0.770. The molecular weight excluding hydrogens is 365 g/mol. The zero-order chi connectivity index (χ0) is 15.3. The fourth-order valence-electron chi connectivity index (χ4n) is 3.49. The van der Waals surface area contributed by atoms with Crippen LogP contribution >= 0.6 is 27.7 Å². The van der Waals surface area contributed by atoms with Crippen molar-refractivity contribution in [1.29, 1.82) is 0 Å². The van der Waals surface area contributed by atoms with Gasteiger partial charge in [0.1, 0.15) is 5.82 Å². The second-order valence-corrected chi connectivity index (χ2v) is 7.83. The van der Waals surface area contributed by atoms with Crippen molar-refractivity contribution in [3.05, 3.63) is 55.9 Å². The maximum absolute atomic E-state index is 13.6. The van der Waals surface area contributed by atoms with Crippen LogP contribution in [0.1, 0.15) is 37.2 Å². The second kappa shape index (κ2) is 5.53. The Morgan fingerprint density at radius 2 is 2.09 bits per heavy atom. The van der Waals surface area contributed by atoms with E-state index in [0.717, 1.165) is 41.8 Å². The Kier molecular flexibility index (Phi) is 3.65. The summed E-state index contributed by atoms with van der Waals surface area (Å²) in [5, 5.41) is 3.51. The molecule has 1 unspecified atom stereocenters. The summed E-state index contributed by atoms with van der Waals surface area (Å²) >= 11 is 5.11. The molecule has 0 bridgehead atoms. The predicted molar refractivity (Wildman–Crippen MR) is 90.0 cm³/mol. The molecule has 0 aromatic heterocycles. The van der Waals surface area contributed by atoms with Crippen molar-refractivity contribution in [2.75, 3.05) is 5.75 Å². The number of ketones is 1. The summed E-state index contributed by atoms with van der Waals surface area (Å²) in [4.78, 5) is 13.7. The van der Waals surface area contributed by atoms with Crippen LogP contribution in [0.4, 0.5) is 4.39 Å². The van der Waals surface area contributed by atoms with Gasteiger partial charge in [0.05, 0.1) is 4.47 Å². The topological polar surface area (TPSA) is 29.1 Å². The third-order valence-electron chi connectivity index (χ3n) is 4.48. The van der Waals surface area contributed by atoms with E-state index in [1.165, 1.54) is 16.7 Å². The van der Waals surface area contributed by atoms with Crippen molar-refractivity contribution >= 4 is 33.5 Å². The number of hydrogen-bond acceptors (Lipinski definition) is 3. The van der Waals surface area contributed by atoms with E-state index in [-0.39, 0.29) is 17.5 Å². The highest BCUT2D eigenvalue weighted by Gasteiger charge is 2.39. The van der Waals surface area contributed by atoms with Crippen molar-refractivity contribution in [3.8, 4) is 0 Å². The van der Waals surface area contributed by atoms with E-state index in [1.54, 1.807) is 0 Å². The Hall–Kier alpha value is -1.07. The van der Waals surface area contributed by atoms with Crippen LogP contribution in [0.5, 0.6) is 0 Å². The molecule has 114 valence electrons. The Bertz CT molecular complexity index is 740. The van der Waals surface area contributed by atoms with Crippen LogP contribution in [-0.2, 0) is 4.79 Å². The zero-order valence-corrected chi connectivity index (χ0v) is 14.3. The molecule has 2 aliphatic heterocycles. The molecule has 2 heterocycles. The minimum Gasteiger partial charge on any atom is -0.361 e. The zero-order valence-electron chi connectivity index (χ0n) is 11.9. The largest absolute Gasteiger partial charge is 0.361 e. The molecule has 0 spiro atoms. The number of Topliss-reactive ketones (excluding diaryl/α,β-unsaturated/α-hetero) is 1. The van der Waals surface area contributed by atoms with Gasteiger partial charge in [0.25, 0.3) is 0 Å². The van der Waals surface area contributed by atoms with Gasteiger partial charge in [-0.3, -0.25) is 4.79 Å². The average Bonchev–Trinajstić information content (AvgIpc) is 2.89. The summed E-state index contributed by atoms with van der Waals surface area (Å²) < 4.78 is 14.0. The van der Waals surface area contributed by atoms with E-state index in [2.05, 4.69) is 21.2 Å². The van der Waals surface area contributed by atoms with E-state index in [0.29, 0.717) is 10.9 Å². The molecule has 1 N–H and O–H groups in total. The second-order valence-electron chi connectivity index (χ2n) is 5.84. The molecule has 0 amide bonds. The number of dihydropyridines is 1. The van der Waals surface area contributed by atoms with E-state index in [1.807, 2.05) is 23.9 Å². The molecule has 1 aliphatic carbocycles. The SMILES string of the molecule is O=C1CCC2=C1C(c1ccc(F)c(Br)c1)C1=C(CCCS1)N2. The van der Waals surface area contributed by atoms with Crippen LogP contribution < -0.4 is 5.32 Å². The molecule has 22 heavy (non-hydrogen) atoms. The van der Waals surface area contributed by atoms with E-state index in [4.69, 9.17) is 0 Å². The van der Waals surface area contributed by atoms with Crippen LogP contribution in [0.25, 0.3) is 0 Å². The van der Waals surface area contributed by atoms with Crippen LogP contribution in [0.15, 0.2) is 44.5 Å². The van der Waals surface area contributed by atoms with Gasteiger partial charge < -0.3 is 5.32 Å². The predicted octanol–water partition coefficient (Wildman–Crippen LogP) is 4.63. The first kappa shape index (κ1) is 14.5. The van der Waals surface area contributed by atoms with E-state index < -0.39 is 0 Å². The Morgan fingerprint density at radius 1 is 1.23 bits per heavy atom. The number of carbonyl (C=O) groups is 1. The number of carbonyl (C=O) groups excluding carboxylic acids is 1. The summed E-state index contributed by atoms with van der Waals surface area (Å²) in [6.45, 7) is 0. The number of rotatable bonds is 1. The van der Waals surface area contributed by atoms with Crippen molar-refractivity contribution in [1.82, 2.24) is 5.32 Å². The maximum Gasteiger partial charge on any atom is 0.161 e. The van der Waals surface area contributed by atoms with Gasteiger partial charge in [-0.25, -0.2) is 4.39 Å². The monoisotopic (exact) mass is 379 g/mol. The molecule has 3 aliphatic rings. The third-order valence-corrected chi connectivity index (χ3v) is 6.38. The van der Waals surface area contributed by atoms with Crippen molar-refractivity contribution in [2.45, 2.75) is 31.6 Å². The fraction of sp³-hybridized carbons (Fsp3) is 0.353. The van der Waals surface area contributed by atoms with Gasteiger partial charge in [-0.05, 0) is 58.6 Å². The number of allylic oxidation sites excluding steroid dienone is 4. The van der Waals surface area contributed by atoms with Gasteiger partial charge in [-0.15, -0.1) is 11.8 Å². The summed E-state index contributed by atoms with van der Waals surface area (Å²) in [7, 11) is 0. The van der Waals surface area contributed by atoms with Gasteiger partial charge >= 0.3 is 0 Å². The molecule has 1 aromatic rings. The van der Waals surface area contributed by atoms with Gasteiger partial charge in [0.2, 0.25) is 0 Å². The minimum atomic E-state index is -0.268. The Labute approximate surface area is 141 Å². The highest BCUT2D eigenvalue weighted by molar-refractivity contribution is 9.10. The maximum atomic E-state index is 13.6. The molecule has 1 atom stereocenters. The lowest BCUT2D eigenvalue weighted by molar-refractivity contribution is -0.115. The Balaban J connectivity index is 1.87. The first-order chi connectivity index (χ1) is 10.6. The molecule has 0 saturated heterocycles. The Morgan fingerprint density at radius 3 is 2.91 bits per heavy atom. The lowest BCUT2D eigenvalue weighted by Gasteiger charge is -2.33. The van der Waals surface area contributed by atoms with Crippen molar-refractivity contribution in [3.63, 3.8) is 0 Å². The molecule has 5 heteroatoms. The van der Waals surface area contributed by atoms with E-state index in [9.17, 15) is 9.18 Å². The highest BCUT2D eigenvalue weighted by atomic mass is 79.9. The first-order valence-corrected chi connectivity index (χ1v) is 9.27. The molecular formula is C17H15BrFNOS. The number of hydrogen-bond donors (Lipinski definition) is 1. The van der Waals surface area contributed by atoms with Gasteiger partial charge in [-0.2, -0.15) is 0 Å². The lowest BCUT2D eigenvalue weighted by atomic mass is 9.85. The minimum absolute atomic E-state index is 0.0246. The number of thioether (sulfide) groups is 1. The summed E-state index contributed by atoms with van der Waals surface area (Å²) in [6, 6.07) is 5.11. The van der Waals surface area contributed by atoms with Crippen LogP contribution in [0, 0.1) is 5.82 Å². The lowest BCUT2D eigenvalue weighted by Crippen LogP contribution is -2.27. The average molecular weight is 380 g/mol. The molecule has 0 saturated carbocycles. The van der Waals surface area contributed by atoms with Gasteiger partial charge in [0, 0.05) is 34.2 Å². The fourth-order valence-corrected chi connectivity index (χ4v) is 5.14. The third kappa shape index (κ3) is 2.26. The molecule has 2 nitrogen and oxygen atoms in total. The smallest absolute Gasteiger partial charge is 0.161 e. The highest BCUT2D eigenvalue weighted by Crippen LogP contribution is 2.49. The standard InChI is InChI=1S/C17H15BrFNOS/c18-10-8-9(3-4-11(10)19)15-16-12(5-6-14(16)21)20-13-2-1-7-22-17(13)15/h3-4,8,15,20H,1-2,5-7H2. The molecule has 0 radical (unpaired) electrons. The van der Waals surface area contributed by atoms with Gasteiger partial charge in [0.15, 0.2) is 5.78 Å². The number of nitrogens with one attached hydrogen (secondary N) is 1. The van der Waals surface area contributed by atoms with Gasteiger partial charge in [-0.1, -0.05) is 6.07 Å². The molecule has 1 aromatic carbocycles. The number of benzene rings is 1. The summed E-state index contributed by atoms with van der Waals surface area (Å²) in [5.41, 5.74) is 4.23. The summed E-state index contributed by atoms with van der Waals surface area (Å²) in [5.74, 6) is 1.01. The van der Waals surface area contributed by atoms with E-state index >= 15 is 0 Å². The summed E-state index contributed by atoms with van der Waals surface area (Å²) in [6.07, 6.45) is 3.58. The van der Waals surface area contributed by atoms with Crippen LogP contribution in [0.2, 0.25) is 0 Å². The van der Waals surface area contributed by atoms with Crippen LogP contribution in [-0.4, -0.2) is 11.5 Å². The molecule has 0 fully saturated rings.